The van der Waals surface area contributed by atoms with Crippen LogP contribution in [0.25, 0.3) is 0 Å². The van der Waals surface area contributed by atoms with Gasteiger partial charge in [0.15, 0.2) is 0 Å². The van der Waals surface area contributed by atoms with Crippen molar-refractivity contribution < 1.29 is 9.47 Å². The third-order valence-electron chi connectivity index (χ3n) is 6.56. The van der Waals surface area contributed by atoms with Gasteiger partial charge in [0.05, 0.1) is 12.7 Å². The summed E-state index contributed by atoms with van der Waals surface area (Å²) in [6, 6.07) is 0. The smallest absolute Gasteiger partial charge is 0.0702 e. The van der Waals surface area contributed by atoms with Crippen molar-refractivity contribution >= 4 is 0 Å². The first-order valence-electron chi connectivity index (χ1n) is 10.9. The summed E-state index contributed by atoms with van der Waals surface area (Å²) in [5.74, 6) is 1.82. The Morgan fingerprint density at radius 2 is 1.60 bits per heavy atom. The van der Waals surface area contributed by atoms with Crippen LogP contribution < -0.4 is 0 Å². The summed E-state index contributed by atoms with van der Waals surface area (Å²) < 4.78 is 11.2. The molecule has 2 saturated heterocycles. The molecule has 0 spiro atoms. The molecule has 0 bridgehead atoms. The summed E-state index contributed by atoms with van der Waals surface area (Å²) in [6.45, 7) is 9.28. The fraction of sp³-hybridized carbons (Fsp3) is 1.00. The van der Waals surface area contributed by atoms with Crippen LogP contribution in [0.5, 0.6) is 0 Å². The summed E-state index contributed by atoms with van der Waals surface area (Å²) in [5.41, 5.74) is 0. The number of likely N-dealkylation sites (tertiary alicyclic amines) is 1. The molecular weight excluding hydrogens is 312 g/mol. The predicted molar refractivity (Wildman–Crippen MR) is 103 cm³/mol. The molecule has 1 unspecified atom stereocenters. The monoisotopic (exact) mass is 352 g/mol. The van der Waals surface area contributed by atoms with E-state index < -0.39 is 0 Å². The summed E-state index contributed by atoms with van der Waals surface area (Å²) >= 11 is 0. The molecule has 25 heavy (non-hydrogen) atoms. The van der Waals surface area contributed by atoms with Crippen molar-refractivity contribution in [3.8, 4) is 0 Å². The van der Waals surface area contributed by atoms with Crippen molar-refractivity contribution in [1.29, 1.82) is 0 Å². The highest BCUT2D eigenvalue weighted by Crippen LogP contribution is 2.27. The van der Waals surface area contributed by atoms with Gasteiger partial charge in [0.1, 0.15) is 0 Å². The van der Waals surface area contributed by atoms with Crippen molar-refractivity contribution in [2.45, 2.75) is 63.9 Å². The second kappa shape index (κ2) is 10.9. The molecule has 0 N–H and O–H groups in total. The topological polar surface area (TPSA) is 24.9 Å². The highest BCUT2D eigenvalue weighted by atomic mass is 16.5. The lowest BCUT2D eigenvalue weighted by molar-refractivity contribution is 0.0492. The second-order valence-electron chi connectivity index (χ2n) is 8.64. The van der Waals surface area contributed by atoms with Crippen LogP contribution in [-0.2, 0) is 9.47 Å². The lowest BCUT2D eigenvalue weighted by atomic mass is 9.88. The SMILES string of the molecule is COCCN1CCC(CN(CC2CCCCC2)CC2CCCO2)CC1. The predicted octanol–water partition coefficient (Wildman–Crippen LogP) is 3.41. The van der Waals surface area contributed by atoms with Gasteiger partial charge >= 0.3 is 0 Å². The Hall–Kier alpha value is -0.160. The van der Waals surface area contributed by atoms with E-state index in [0.717, 1.165) is 31.6 Å². The fourth-order valence-corrected chi connectivity index (χ4v) is 5.01. The summed E-state index contributed by atoms with van der Waals surface area (Å²) in [4.78, 5) is 5.37. The molecule has 0 radical (unpaired) electrons. The Kier molecular flexibility index (Phi) is 8.51. The lowest BCUT2D eigenvalue weighted by Gasteiger charge is -2.37. The number of ether oxygens (including phenoxy) is 2. The third-order valence-corrected chi connectivity index (χ3v) is 6.56. The van der Waals surface area contributed by atoms with E-state index in [1.807, 2.05) is 0 Å². The number of methoxy groups -OCH3 is 1. The maximum absolute atomic E-state index is 5.96. The zero-order chi connectivity index (χ0) is 17.3. The van der Waals surface area contributed by atoms with Gasteiger partial charge in [-0.1, -0.05) is 19.3 Å². The van der Waals surface area contributed by atoms with E-state index >= 15 is 0 Å². The molecular formula is C21H40N2O2. The van der Waals surface area contributed by atoms with Crippen LogP contribution >= 0.6 is 0 Å². The van der Waals surface area contributed by atoms with Crippen LogP contribution in [0.15, 0.2) is 0 Å². The van der Waals surface area contributed by atoms with E-state index in [1.54, 1.807) is 7.11 Å². The van der Waals surface area contributed by atoms with Crippen molar-refractivity contribution in [2.75, 3.05) is 59.6 Å². The van der Waals surface area contributed by atoms with Gasteiger partial charge < -0.3 is 19.3 Å². The normalized spacial score (nSPS) is 27.4. The highest BCUT2D eigenvalue weighted by Gasteiger charge is 2.26. The van der Waals surface area contributed by atoms with Crippen molar-refractivity contribution in [2.24, 2.45) is 11.8 Å². The molecule has 2 heterocycles. The molecule has 4 nitrogen and oxygen atoms in total. The van der Waals surface area contributed by atoms with Gasteiger partial charge in [-0.3, -0.25) is 0 Å². The quantitative estimate of drug-likeness (QED) is 0.635. The van der Waals surface area contributed by atoms with E-state index in [-0.39, 0.29) is 0 Å². The molecule has 0 aromatic rings. The summed E-state index contributed by atoms with van der Waals surface area (Å²) in [6.07, 6.45) is 13.0. The molecule has 0 aromatic carbocycles. The lowest BCUT2D eigenvalue weighted by Crippen LogP contribution is -2.43. The Morgan fingerprint density at radius 3 is 2.24 bits per heavy atom. The Balaban J connectivity index is 1.45. The third kappa shape index (κ3) is 6.82. The maximum atomic E-state index is 5.96. The van der Waals surface area contributed by atoms with E-state index in [1.165, 1.54) is 90.5 Å². The van der Waals surface area contributed by atoms with Crippen LogP contribution in [0, 0.1) is 11.8 Å². The van der Waals surface area contributed by atoms with Crippen LogP contribution in [0.2, 0.25) is 0 Å². The molecule has 1 aliphatic carbocycles. The minimum absolute atomic E-state index is 0.505. The van der Waals surface area contributed by atoms with Crippen LogP contribution in [0.3, 0.4) is 0 Å². The molecule has 1 saturated carbocycles. The number of rotatable bonds is 9. The molecule has 3 rings (SSSR count). The van der Waals surface area contributed by atoms with Crippen molar-refractivity contribution in [1.82, 2.24) is 9.80 Å². The minimum atomic E-state index is 0.505. The van der Waals surface area contributed by atoms with Gasteiger partial charge in [-0.2, -0.15) is 0 Å². The molecule has 3 fully saturated rings. The number of nitrogens with zero attached hydrogens (tertiary/aromatic N) is 2. The van der Waals surface area contributed by atoms with Gasteiger partial charge in [-0.25, -0.2) is 0 Å². The van der Waals surface area contributed by atoms with Crippen LogP contribution in [0.1, 0.15) is 57.8 Å². The van der Waals surface area contributed by atoms with E-state index in [4.69, 9.17) is 9.47 Å². The first kappa shape index (κ1) is 19.6. The molecule has 4 heteroatoms. The standard InChI is InChI=1S/C21H40N2O2/c1-24-15-13-22-11-9-20(10-12-22)17-23(18-21-8-5-14-25-21)16-19-6-3-2-4-7-19/h19-21H,2-18H2,1H3. The molecule has 1 atom stereocenters. The molecule has 0 aromatic heterocycles. The second-order valence-corrected chi connectivity index (χ2v) is 8.64. The molecule has 2 aliphatic heterocycles. The van der Waals surface area contributed by atoms with Crippen LogP contribution in [0.4, 0.5) is 0 Å². The van der Waals surface area contributed by atoms with Crippen molar-refractivity contribution in [3.05, 3.63) is 0 Å². The van der Waals surface area contributed by atoms with Crippen molar-refractivity contribution in [3.63, 3.8) is 0 Å². The fourth-order valence-electron chi connectivity index (χ4n) is 5.01. The molecule has 0 amide bonds. The van der Waals surface area contributed by atoms with E-state index in [2.05, 4.69) is 9.80 Å². The number of piperidine rings is 1. The largest absolute Gasteiger partial charge is 0.383 e. The van der Waals surface area contributed by atoms with E-state index in [9.17, 15) is 0 Å². The Morgan fingerprint density at radius 1 is 0.880 bits per heavy atom. The van der Waals surface area contributed by atoms with Gasteiger partial charge in [-0.15, -0.1) is 0 Å². The zero-order valence-electron chi connectivity index (χ0n) is 16.5. The average molecular weight is 353 g/mol. The Labute approximate surface area is 155 Å². The van der Waals surface area contributed by atoms with E-state index in [0.29, 0.717) is 6.10 Å². The summed E-state index contributed by atoms with van der Waals surface area (Å²) in [5, 5.41) is 0. The zero-order valence-corrected chi connectivity index (χ0v) is 16.5. The first-order chi connectivity index (χ1) is 12.3. The first-order valence-corrected chi connectivity index (χ1v) is 10.9. The highest BCUT2D eigenvalue weighted by molar-refractivity contribution is 4.80. The Bertz CT molecular complexity index is 346. The van der Waals surface area contributed by atoms with Crippen LogP contribution in [-0.4, -0.2) is 75.5 Å². The maximum Gasteiger partial charge on any atom is 0.0702 e. The average Bonchev–Trinajstić information content (AvgIpc) is 3.15. The number of hydrogen-bond acceptors (Lipinski definition) is 4. The van der Waals surface area contributed by atoms with Gasteiger partial charge in [0.25, 0.3) is 0 Å². The van der Waals surface area contributed by atoms with Gasteiger partial charge in [0, 0.05) is 39.9 Å². The molecule has 3 aliphatic rings. The minimum Gasteiger partial charge on any atom is -0.383 e. The van der Waals surface area contributed by atoms with Gasteiger partial charge in [-0.05, 0) is 63.5 Å². The summed E-state index contributed by atoms with van der Waals surface area (Å²) in [7, 11) is 1.81. The number of hydrogen-bond donors (Lipinski definition) is 0. The molecule has 146 valence electrons. The van der Waals surface area contributed by atoms with Gasteiger partial charge in [0.2, 0.25) is 0 Å².